The Hall–Kier alpha value is -2.08. The average Bonchev–Trinajstić information content (AvgIpc) is 2.37. The molecular weight excluding hydrogens is 297 g/mol. The van der Waals surface area contributed by atoms with E-state index >= 15 is 0 Å². The van der Waals surface area contributed by atoms with E-state index in [1.54, 1.807) is 21.0 Å². The molecule has 0 fully saturated rings. The third kappa shape index (κ3) is 2.85. The van der Waals surface area contributed by atoms with Crippen LogP contribution in [0.25, 0.3) is 0 Å². The summed E-state index contributed by atoms with van der Waals surface area (Å²) in [6.07, 6.45) is 0. The Morgan fingerprint density at radius 2 is 2.05 bits per heavy atom. The molecule has 0 bridgehead atoms. The standard InChI is InChI=1S/C14H15ClFN3O2/c1-7-10(13(20)19(2)3)12(18-14(21)17-7)11-8(15)5-4-6-9(11)16/h4-6,12H,1-3H3,(H2,17,18,21)/t12-/m0/s1. The van der Waals surface area contributed by atoms with Crippen molar-refractivity contribution >= 4 is 23.5 Å². The molecule has 3 amide bonds. The average molecular weight is 312 g/mol. The molecule has 0 radical (unpaired) electrons. The van der Waals surface area contributed by atoms with E-state index in [0.717, 1.165) is 0 Å². The van der Waals surface area contributed by atoms with Gasteiger partial charge in [-0.3, -0.25) is 4.79 Å². The highest BCUT2D eigenvalue weighted by atomic mass is 35.5. The summed E-state index contributed by atoms with van der Waals surface area (Å²) in [6, 6.07) is 2.78. The van der Waals surface area contributed by atoms with E-state index in [1.165, 1.54) is 23.1 Å². The number of likely N-dealkylation sites (N-methyl/N-ethyl adjacent to an activating group) is 1. The topological polar surface area (TPSA) is 61.4 Å². The van der Waals surface area contributed by atoms with E-state index in [0.29, 0.717) is 5.70 Å². The Kier molecular flexibility index (Phi) is 4.18. The van der Waals surface area contributed by atoms with Crippen LogP contribution in [0.2, 0.25) is 5.02 Å². The van der Waals surface area contributed by atoms with Crippen molar-refractivity contribution in [3.63, 3.8) is 0 Å². The fraction of sp³-hybridized carbons (Fsp3) is 0.286. The van der Waals surface area contributed by atoms with Gasteiger partial charge in [0.15, 0.2) is 0 Å². The highest BCUT2D eigenvalue weighted by molar-refractivity contribution is 6.31. The number of hydrogen-bond acceptors (Lipinski definition) is 2. The highest BCUT2D eigenvalue weighted by Crippen LogP contribution is 2.33. The monoisotopic (exact) mass is 311 g/mol. The van der Waals surface area contributed by atoms with Crippen LogP contribution in [0, 0.1) is 5.82 Å². The summed E-state index contributed by atoms with van der Waals surface area (Å²) in [5.74, 6) is -0.907. The van der Waals surface area contributed by atoms with Gasteiger partial charge in [-0.15, -0.1) is 0 Å². The van der Waals surface area contributed by atoms with Crippen LogP contribution in [0.1, 0.15) is 18.5 Å². The van der Waals surface area contributed by atoms with Crippen LogP contribution in [0.5, 0.6) is 0 Å². The number of nitrogens with one attached hydrogen (secondary N) is 2. The first-order valence-corrected chi connectivity index (χ1v) is 6.64. The van der Waals surface area contributed by atoms with E-state index in [1.807, 2.05) is 0 Å². The minimum atomic E-state index is -0.928. The summed E-state index contributed by atoms with van der Waals surface area (Å²) in [6.45, 7) is 1.59. The SMILES string of the molecule is CC1=C(C(=O)N(C)C)[C@@H](c2c(F)cccc2Cl)NC(=O)N1. The van der Waals surface area contributed by atoms with E-state index in [9.17, 15) is 14.0 Å². The third-order valence-corrected chi connectivity index (χ3v) is 3.52. The summed E-state index contributed by atoms with van der Waals surface area (Å²) < 4.78 is 14.1. The van der Waals surface area contributed by atoms with Gasteiger partial charge < -0.3 is 15.5 Å². The van der Waals surface area contributed by atoms with Gasteiger partial charge in [0.1, 0.15) is 5.82 Å². The Morgan fingerprint density at radius 1 is 1.38 bits per heavy atom. The van der Waals surface area contributed by atoms with Gasteiger partial charge in [-0.05, 0) is 19.1 Å². The lowest BCUT2D eigenvalue weighted by Gasteiger charge is -2.30. The molecule has 0 aliphatic carbocycles. The Bertz CT molecular complexity index is 623. The normalized spacial score (nSPS) is 18.1. The van der Waals surface area contributed by atoms with Crippen molar-refractivity contribution in [3.05, 3.63) is 45.9 Å². The van der Waals surface area contributed by atoms with Crippen molar-refractivity contribution < 1.29 is 14.0 Å². The third-order valence-electron chi connectivity index (χ3n) is 3.19. The largest absolute Gasteiger partial charge is 0.345 e. The molecule has 5 nitrogen and oxygen atoms in total. The summed E-state index contributed by atoms with van der Waals surface area (Å²) >= 11 is 6.05. The molecule has 1 aliphatic rings. The number of carbonyl (C=O) groups is 2. The fourth-order valence-electron chi connectivity index (χ4n) is 2.22. The van der Waals surface area contributed by atoms with Crippen LogP contribution in [0.15, 0.2) is 29.5 Å². The Balaban J connectivity index is 2.61. The second-order valence-electron chi connectivity index (χ2n) is 4.91. The minimum Gasteiger partial charge on any atom is -0.345 e. The zero-order valence-corrected chi connectivity index (χ0v) is 12.6. The number of nitrogens with zero attached hydrogens (tertiary/aromatic N) is 1. The highest BCUT2D eigenvalue weighted by Gasteiger charge is 2.34. The quantitative estimate of drug-likeness (QED) is 0.879. The number of rotatable bonds is 2. The predicted octanol–water partition coefficient (Wildman–Crippen LogP) is 2.20. The van der Waals surface area contributed by atoms with Crippen molar-refractivity contribution in [2.75, 3.05) is 14.1 Å². The summed E-state index contributed by atoms with van der Waals surface area (Å²) in [5.41, 5.74) is 0.715. The zero-order valence-electron chi connectivity index (χ0n) is 11.8. The van der Waals surface area contributed by atoms with Crippen molar-refractivity contribution in [2.45, 2.75) is 13.0 Å². The van der Waals surface area contributed by atoms with Gasteiger partial charge in [0.2, 0.25) is 0 Å². The molecule has 1 aromatic rings. The van der Waals surface area contributed by atoms with Gasteiger partial charge in [0, 0.05) is 30.4 Å². The number of halogens is 2. The van der Waals surface area contributed by atoms with Crippen LogP contribution in [-0.4, -0.2) is 30.9 Å². The van der Waals surface area contributed by atoms with E-state index < -0.39 is 17.9 Å². The molecule has 0 saturated carbocycles. The number of hydrogen-bond donors (Lipinski definition) is 2. The lowest BCUT2D eigenvalue weighted by atomic mass is 9.94. The number of allylic oxidation sites excluding steroid dienone is 1. The van der Waals surface area contributed by atoms with Crippen LogP contribution < -0.4 is 10.6 Å². The maximum Gasteiger partial charge on any atom is 0.319 e. The van der Waals surface area contributed by atoms with Crippen molar-refractivity contribution in [2.24, 2.45) is 0 Å². The molecule has 0 aromatic heterocycles. The van der Waals surface area contributed by atoms with Crippen molar-refractivity contribution in [1.29, 1.82) is 0 Å². The van der Waals surface area contributed by atoms with Crippen LogP contribution >= 0.6 is 11.6 Å². The van der Waals surface area contributed by atoms with Gasteiger partial charge in [-0.1, -0.05) is 17.7 Å². The minimum absolute atomic E-state index is 0.0820. The van der Waals surface area contributed by atoms with Crippen LogP contribution in [0.3, 0.4) is 0 Å². The molecular formula is C14H15ClFN3O2. The first-order valence-electron chi connectivity index (χ1n) is 6.26. The first kappa shape index (κ1) is 15.3. The molecule has 0 saturated heterocycles. The molecule has 0 unspecified atom stereocenters. The Morgan fingerprint density at radius 3 is 2.62 bits per heavy atom. The van der Waals surface area contributed by atoms with E-state index in [2.05, 4.69) is 10.6 Å². The van der Waals surface area contributed by atoms with Gasteiger partial charge >= 0.3 is 6.03 Å². The van der Waals surface area contributed by atoms with Gasteiger partial charge in [0.25, 0.3) is 5.91 Å². The molecule has 21 heavy (non-hydrogen) atoms. The molecule has 1 atom stereocenters. The summed E-state index contributed by atoms with van der Waals surface area (Å²) in [5, 5.41) is 5.22. The molecule has 1 heterocycles. The molecule has 2 rings (SSSR count). The smallest absolute Gasteiger partial charge is 0.319 e. The van der Waals surface area contributed by atoms with Crippen molar-refractivity contribution in [1.82, 2.24) is 15.5 Å². The first-order chi connectivity index (χ1) is 9.82. The molecule has 1 aromatic carbocycles. The molecule has 112 valence electrons. The predicted molar refractivity (Wildman–Crippen MR) is 77.2 cm³/mol. The molecule has 2 N–H and O–H groups in total. The lowest BCUT2D eigenvalue weighted by molar-refractivity contribution is -0.125. The Labute approximate surface area is 126 Å². The van der Waals surface area contributed by atoms with Gasteiger partial charge in [0.05, 0.1) is 11.6 Å². The second kappa shape index (κ2) is 5.73. The van der Waals surface area contributed by atoms with E-state index in [4.69, 9.17) is 11.6 Å². The van der Waals surface area contributed by atoms with Crippen LogP contribution in [-0.2, 0) is 4.79 Å². The van der Waals surface area contributed by atoms with Crippen LogP contribution in [0.4, 0.5) is 9.18 Å². The maximum atomic E-state index is 14.1. The summed E-state index contributed by atoms with van der Waals surface area (Å²) in [4.78, 5) is 25.4. The molecule has 7 heteroatoms. The molecule has 1 aliphatic heterocycles. The number of urea groups is 1. The summed E-state index contributed by atoms with van der Waals surface area (Å²) in [7, 11) is 3.16. The zero-order chi connectivity index (χ0) is 15.7. The van der Waals surface area contributed by atoms with Gasteiger partial charge in [-0.25, -0.2) is 9.18 Å². The molecule has 0 spiro atoms. The number of benzene rings is 1. The maximum absolute atomic E-state index is 14.1. The number of carbonyl (C=O) groups excluding carboxylic acids is 2. The van der Waals surface area contributed by atoms with E-state index in [-0.39, 0.29) is 22.1 Å². The lowest BCUT2D eigenvalue weighted by Crippen LogP contribution is -2.47. The van der Waals surface area contributed by atoms with Crippen molar-refractivity contribution in [3.8, 4) is 0 Å². The number of amides is 3. The van der Waals surface area contributed by atoms with Gasteiger partial charge in [-0.2, -0.15) is 0 Å². The second-order valence-corrected chi connectivity index (χ2v) is 5.31. The fourth-order valence-corrected chi connectivity index (χ4v) is 2.49.